The summed E-state index contributed by atoms with van der Waals surface area (Å²) in [5, 5.41) is 3.26. The van der Waals surface area contributed by atoms with Gasteiger partial charge in [-0.25, -0.2) is 0 Å². The minimum absolute atomic E-state index is 0.150. The van der Waals surface area contributed by atoms with Crippen molar-refractivity contribution in [3.05, 3.63) is 0 Å². The third-order valence-corrected chi connectivity index (χ3v) is 3.37. The largest absolute Gasteiger partial charge is 0.314 e. The summed E-state index contributed by atoms with van der Waals surface area (Å²) in [6.45, 7) is 4.95. The fraction of sp³-hybridized carbons (Fsp3) is 1.00. The maximum Gasteiger partial charge on any atom is 0.264 e. The van der Waals surface area contributed by atoms with Crippen LogP contribution < -0.4 is 5.32 Å². The lowest BCUT2D eigenvalue weighted by molar-refractivity contribution is 0.466. The molecule has 0 aliphatic heterocycles. The Balaban J connectivity index is 3.33. The molecule has 0 amide bonds. The quantitative estimate of drug-likeness (QED) is 0.461. The monoisotopic (exact) mass is 251 g/mol. The Kier molecular flexibility index (Phi) is 8.89. The van der Waals surface area contributed by atoms with E-state index in [0.29, 0.717) is 19.0 Å². The molecule has 0 saturated carbocycles. The van der Waals surface area contributed by atoms with E-state index in [0.717, 1.165) is 6.42 Å². The number of hydrogen-bond acceptors (Lipinski definition) is 3. The lowest BCUT2D eigenvalue weighted by Crippen LogP contribution is -2.28. The normalized spacial score (nSPS) is 13.9. The first kappa shape index (κ1) is 15.9. The van der Waals surface area contributed by atoms with Crippen molar-refractivity contribution in [2.24, 2.45) is 0 Å². The molecule has 0 aromatic carbocycles. The summed E-state index contributed by atoms with van der Waals surface area (Å²) in [5.74, 6) is -0.150. The first-order valence-corrected chi connectivity index (χ1v) is 7.75. The molecule has 0 bridgehead atoms. The second kappa shape index (κ2) is 8.96. The van der Waals surface area contributed by atoms with Crippen LogP contribution >= 0.6 is 0 Å². The van der Waals surface area contributed by atoms with Crippen LogP contribution in [0.4, 0.5) is 0 Å². The van der Waals surface area contributed by atoms with E-state index in [1.54, 1.807) is 0 Å². The van der Waals surface area contributed by atoms with Crippen molar-refractivity contribution < 1.29 is 13.0 Å². The average Bonchev–Trinajstić information content (AvgIpc) is 2.18. The van der Waals surface area contributed by atoms with Gasteiger partial charge >= 0.3 is 0 Å². The van der Waals surface area contributed by atoms with Gasteiger partial charge in [-0.3, -0.25) is 4.55 Å². The average molecular weight is 251 g/mol. The molecule has 0 heterocycles. The van der Waals surface area contributed by atoms with Crippen LogP contribution in [-0.4, -0.2) is 31.3 Å². The maximum atomic E-state index is 10.4. The van der Waals surface area contributed by atoms with Crippen LogP contribution in [0, 0.1) is 0 Å². The zero-order chi connectivity index (χ0) is 12.4. The molecule has 0 fully saturated rings. The fourth-order valence-corrected chi connectivity index (χ4v) is 2.09. The summed E-state index contributed by atoms with van der Waals surface area (Å²) in [6.07, 6.45) is 6.63. The third-order valence-electron chi connectivity index (χ3n) is 2.56. The molecule has 1 atom stereocenters. The standard InChI is InChI=1S/C11H25NO3S/c1-3-4-5-6-8-11(2)12-9-7-10-16(13,14)15/h11-12H,3-10H2,1-2H3,(H,13,14,15)/t11-/m0/s1. The van der Waals surface area contributed by atoms with Crippen LogP contribution in [0.3, 0.4) is 0 Å². The van der Waals surface area contributed by atoms with Gasteiger partial charge in [0.25, 0.3) is 10.1 Å². The van der Waals surface area contributed by atoms with E-state index in [4.69, 9.17) is 4.55 Å². The van der Waals surface area contributed by atoms with E-state index in [1.165, 1.54) is 25.7 Å². The Bertz CT molecular complexity index is 252. The first-order chi connectivity index (χ1) is 7.45. The molecule has 0 unspecified atom stereocenters. The van der Waals surface area contributed by atoms with Gasteiger partial charge in [0, 0.05) is 6.04 Å². The summed E-state index contributed by atoms with van der Waals surface area (Å²) in [4.78, 5) is 0. The van der Waals surface area contributed by atoms with Crippen molar-refractivity contribution in [1.82, 2.24) is 5.32 Å². The van der Waals surface area contributed by atoms with Crippen LogP contribution in [-0.2, 0) is 10.1 Å². The fourth-order valence-electron chi connectivity index (χ4n) is 1.58. The van der Waals surface area contributed by atoms with E-state index in [-0.39, 0.29) is 5.75 Å². The molecule has 0 saturated heterocycles. The Morgan fingerprint density at radius 2 is 1.88 bits per heavy atom. The minimum atomic E-state index is -3.79. The number of nitrogens with one attached hydrogen (secondary N) is 1. The summed E-state index contributed by atoms with van der Waals surface area (Å²) < 4.78 is 29.4. The summed E-state index contributed by atoms with van der Waals surface area (Å²) in [5.41, 5.74) is 0. The van der Waals surface area contributed by atoms with Crippen LogP contribution in [0.25, 0.3) is 0 Å². The van der Waals surface area contributed by atoms with Crippen molar-refractivity contribution in [2.75, 3.05) is 12.3 Å². The van der Waals surface area contributed by atoms with E-state index in [2.05, 4.69) is 19.2 Å². The highest BCUT2D eigenvalue weighted by molar-refractivity contribution is 7.85. The van der Waals surface area contributed by atoms with E-state index >= 15 is 0 Å². The van der Waals surface area contributed by atoms with Crippen molar-refractivity contribution in [2.45, 2.75) is 58.4 Å². The molecule has 5 heteroatoms. The SMILES string of the molecule is CCCCCC[C@H](C)NCCCS(=O)(=O)O. The molecule has 4 nitrogen and oxygen atoms in total. The minimum Gasteiger partial charge on any atom is -0.314 e. The molecule has 0 spiro atoms. The predicted molar refractivity (Wildman–Crippen MR) is 67.3 cm³/mol. The molecule has 2 N–H and O–H groups in total. The molecule has 0 aromatic rings. The van der Waals surface area contributed by atoms with Crippen molar-refractivity contribution in [3.63, 3.8) is 0 Å². The summed E-state index contributed by atoms with van der Waals surface area (Å²) in [6, 6.07) is 0.429. The van der Waals surface area contributed by atoms with E-state index in [1.807, 2.05) is 0 Å². The zero-order valence-electron chi connectivity index (χ0n) is 10.4. The second-order valence-electron chi connectivity index (χ2n) is 4.34. The highest BCUT2D eigenvalue weighted by Gasteiger charge is 2.05. The maximum absolute atomic E-state index is 10.4. The molecule has 0 rings (SSSR count). The lowest BCUT2D eigenvalue weighted by Gasteiger charge is -2.12. The molecule has 0 aliphatic carbocycles. The van der Waals surface area contributed by atoms with Gasteiger partial charge in [-0.1, -0.05) is 32.6 Å². The highest BCUT2D eigenvalue weighted by Crippen LogP contribution is 2.05. The van der Waals surface area contributed by atoms with E-state index < -0.39 is 10.1 Å². The summed E-state index contributed by atoms with van der Waals surface area (Å²) in [7, 11) is -3.79. The number of hydrogen-bond donors (Lipinski definition) is 2. The topological polar surface area (TPSA) is 66.4 Å². The Labute approximate surface area is 99.6 Å². The van der Waals surface area contributed by atoms with Crippen LogP contribution in [0.2, 0.25) is 0 Å². The molecule has 0 radical (unpaired) electrons. The predicted octanol–water partition coefficient (Wildman–Crippen LogP) is 2.21. The van der Waals surface area contributed by atoms with E-state index in [9.17, 15) is 8.42 Å². The smallest absolute Gasteiger partial charge is 0.264 e. The molecular formula is C11H25NO3S. The van der Waals surface area contributed by atoms with Gasteiger partial charge in [-0.15, -0.1) is 0 Å². The van der Waals surface area contributed by atoms with Gasteiger partial charge in [0.15, 0.2) is 0 Å². The molecule has 0 aliphatic rings. The summed E-state index contributed by atoms with van der Waals surface area (Å²) >= 11 is 0. The van der Waals surface area contributed by atoms with Gasteiger partial charge < -0.3 is 5.32 Å². The third kappa shape index (κ3) is 11.9. The first-order valence-electron chi connectivity index (χ1n) is 6.14. The molecular weight excluding hydrogens is 226 g/mol. The van der Waals surface area contributed by atoms with Gasteiger partial charge in [-0.2, -0.15) is 8.42 Å². The molecule has 16 heavy (non-hydrogen) atoms. The number of unbranched alkanes of at least 4 members (excludes halogenated alkanes) is 3. The highest BCUT2D eigenvalue weighted by atomic mass is 32.2. The van der Waals surface area contributed by atoms with Crippen molar-refractivity contribution in [3.8, 4) is 0 Å². The Morgan fingerprint density at radius 1 is 1.19 bits per heavy atom. The Hall–Kier alpha value is -0.130. The zero-order valence-corrected chi connectivity index (χ0v) is 11.2. The van der Waals surface area contributed by atoms with Crippen LogP contribution in [0.1, 0.15) is 52.4 Å². The molecule has 98 valence electrons. The van der Waals surface area contributed by atoms with Gasteiger partial charge in [0.05, 0.1) is 5.75 Å². The van der Waals surface area contributed by atoms with Crippen LogP contribution in [0.5, 0.6) is 0 Å². The van der Waals surface area contributed by atoms with Crippen molar-refractivity contribution in [1.29, 1.82) is 0 Å². The molecule has 0 aromatic heterocycles. The lowest BCUT2D eigenvalue weighted by atomic mass is 10.1. The van der Waals surface area contributed by atoms with Gasteiger partial charge in [0.1, 0.15) is 0 Å². The van der Waals surface area contributed by atoms with Crippen molar-refractivity contribution >= 4 is 10.1 Å². The Morgan fingerprint density at radius 3 is 2.44 bits per heavy atom. The van der Waals surface area contributed by atoms with Gasteiger partial charge in [-0.05, 0) is 26.3 Å². The van der Waals surface area contributed by atoms with Gasteiger partial charge in [0.2, 0.25) is 0 Å². The van der Waals surface area contributed by atoms with Crippen LogP contribution in [0.15, 0.2) is 0 Å². The number of rotatable bonds is 10. The second-order valence-corrected chi connectivity index (χ2v) is 5.92.